The van der Waals surface area contributed by atoms with Crippen molar-refractivity contribution in [1.82, 2.24) is 10.3 Å². The molecule has 2 aromatic carbocycles. The Balaban J connectivity index is 1.37. The van der Waals surface area contributed by atoms with E-state index in [9.17, 15) is 4.79 Å². The lowest BCUT2D eigenvalue weighted by Gasteiger charge is -2.31. The minimum Gasteiger partial charge on any atom is -0.355 e. The number of anilines is 1. The Labute approximate surface area is 180 Å². The number of halogens is 1. The van der Waals surface area contributed by atoms with Gasteiger partial charge in [-0.05, 0) is 68.0 Å². The van der Waals surface area contributed by atoms with Crippen molar-refractivity contribution in [2.45, 2.75) is 33.1 Å². The van der Waals surface area contributed by atoms with Crippen LogP contribution in [0.1, 0.15) is 29.5 Å². The summed E-state index contributed by atoms with van der Waals surface area (Å²) >= 11 is 7.66. The first-order valence-corrected chi connectivity index (χ1v) is 11.3. The highest BCUT2D eigenvalue weighted by Crippen LogP contribution is 2.33. The number of nitrogens with one attached hydrogen (secondary N) is 1. The molecule has 0 aliphatic carbocycles. The number of thiazole rings is 1. The quantitative estimate of drug-likeness (QED) is 0.613. The Morgan fingerprint density at radius 1 is 1.28 bits per heavy atom. The molecule has 1 N–H and O–H groups in total. The van der Waals surface area contributed by atoms with E-state index in [2.05, 4.69) is 36.2 Å². The number of nitrogens with zero attached hydrogens (tertiary/aromatic N) is 2. The van der Waals surface area contributed by atoms with Gasteiger partial charge in [-0.3, -0.25) is 4.79 Å². The first kappa shape index (κ1) is 20.2. The molecule has 0 spiro atoms. The van der Waals surface area contributed by atoms with Gasteiger partial charge in [-0.25, -0.2) is 4.98 Å². The number of benzene rings is 2. The summed E-state index contributed by atoms with van der Waals surface area (Å²) in [4.78, 5) is 19.9. The highest BCUT2D eigenvalue weighted by molar-refractivity contribution is 7.22. The maximum atomic E-state index is 12.7. The van der Waals surface area contributed by atoms with Crippen LogP contribution in [-0.4, -0.2) is 30.5 Å². The maximum absolute atomic E-state index is 12.7. The molecule has 0 saturated carbocycles. The van der Waals surface area contributed by atoms with Crippen molar-refractivity contribution in [2.24, 2.45) is 5.92 Å². The molecule has 1 saturated heterocycles. The number of fused-ring (bicyclic) bond motifs is 1. The molecule has 6 heteroatoms. The molecule has 1 atom stereocenters. The Kier molecular flexibility index (Phi) is 6.07. The van der Waals surface area contributed by atoms with Crippen LogP contribution in [0.25, 0.3) is 10.2 Å². The number of hydrogen-bond donors (Lipinski definition) is 1. The standard InChI is InChI=1S/C23H26ClN3OS/c1-15-12-16(2)21-20(13-15)29-23(26-21)27-11-3-4-18(14-27)22(28)25-10-9-17-5-7-19(24)8-6-17/h5-8,12-13,18H,3-4,9-11,14H2,1-2H3,(H,25,28)/t18-/m0/s1. The fourth-order valence-electron chi connectivity index (χ4n) is 3.98. The van der Waals surface area contributed by atoms with Gasteiger partial charge in [-0.1, -0.05) is 41.1 Å². The van der Waals surface area contributed by atoms with E-state index in [0.29, 0.717) is 6.54 Å². The second-order valence-corrected chi connectivity index (χ2v) is 9.32. The lowest BCUT2D eigenvalue weighted by Crippen LogP contribution is -2.43. The molecule has 0 unspecified atom stereocenters. The summed E-state index contributed by atoms with van der Waals surface area (Å²) in [6.45, 7) is 6.59. The summed E-state index contributed by atoms with van der Waals surface area (Å²) in [5.74, 6) is 0.167. The average molecular weight is 428 g/mol. The molecule has 1 aliphatic heterocycles. The zero-order valence-corrected chi connectivity index (χ0v) is 18.4. The van der Waals surface area contributed by atoms with Gasteiger partial charge in [0.25, 0.3) is 0 Å². The van der Waals surface area contributed by atoms with Crippen molar-refractivity contribution in [2.75, 3.05) is 24.5 Å². The van der Waals surface area contributed by atoms with Crippen LogP contribution in [0.2, 0.25) is 5.02 Å². The molecule has 0 bridgehead atoms. The van der Waals surface area contributed by atoms with E-state index in [1.165, 1.54) is 21.4 Å². The van der Waals surface area contributed by atoms with Crippen molar-refractivity contribution < 1.29 is 4.79 Å². The molecule has 1 aliphatic rings. The third-order valence-electron chi connectivity index (χ3n) is 5.51. The normalized spacial score (nSPS) is 16.9. The van der Waals surface area contributed by atoms with Crippen LogP contribution in [0.5, 0.6) is 0 Å². The lowest BCUT2D eigenvalue weighted by atomic mass is 9.97. The van der Waals surface area contributed by atoms with E-state index in [1.54, 1.807) is 11.3 Å². The number of aryl methyl sites for hydroxylation is 2. The summed E-state index contributed by atoms with van der Waals surface area (Å²) in [6, 6.07) is 12.2. The predicted molar refractivity (Wildman–Crippen MR) is 122 cm³/mol. The Bertz CT molecular complexity index is 1010. The largest absolute Gasteiger partial charge is 0.355 e. The molecule has 1 aromatic heterocycles. The van der Waals surface area contributed by atoms with Gasteiger partial charge in [0.1, 0.15) is 0 Å². The fraction of sp³-hybridized carbons (Fsp3) is 0.391. The smallest absolute Gasteiger partial charge is 0.224 e. The third-order valence-corrected chi connectivity index (χ3v) is 6.82. The Hall–Kier alpha value is -2.11. The van der Waals surface area contributed by atoms with Gasteiger partial charge in [0.15, 0.2) is 5.13 Å². The molecule has 1 fully saturated rings. The van der Waals surface area contributed by atoms with Gasteiger partial charge in [0.05, 0.1) is 16.1 Å². The Morgan fingerprint density at radius 3 is 2.86 bits per heavy atom. The molecular formula is C23H26ClN3OS. The van der Waals surface area contributed by atoms with E-state index in [4.69, 9.17) is 16.6 Å². The molecule has 0 radical (unpaired) electrons. The molecule has 4 rings (SSSR count). The first-order chi connectivity index (χ1) is 14.0. The summed E-state index contributed by atoms with van der Waals surface area (Å²) in [5.41, 5.74) is 4.75. The van der Waals surface area contributed by atoms with Crippen LogP contribution in [0.15, 0.2) is 36.4 Å². The van der Waals surface area contributed by atoms with Crippen molar-refractivity contribution in [3.8, 4) is 0 Å². The molecule has 29 heavy (non-hydrogen) atoms. The zero-order valence-electron chi connectivity index (χ0n) is 16.9. The third kappa shape index (κ3) is 4.73. The summed E-state index contributed by atoms with van der Waals surface area (Å²) < 4.78 is 1.23. The van der Waals surface area contributed by atoms with Gasteiger partial charge in [-0.2, -0.15) is 0 Å². The number of piperidine rings is 1. The second kappa shape index (κ2) is 8.72. The van der Waals surface area contributed by atoms with E-state index < -0.39 is 0 Å². The number of carbonyl (C=O) groups is 1. The van der Waals surface area contributed by atoms with Gasteiger partial charge in [-0.15, -0.1) is 0 Å². The number of rotatable bonds is 5. The van der Waals surface area contributed by atoms with E-state index in [1.807, 2.05) is 24.3 Å². The first-order valence-electron chi connectivity index (χ1n) is 10.1. The second-order valence-electron chi connectivity index (χ2n) is 7.88. The number of hydrogen-bond acceptors (Lipinski definition) is 4. The van der Waals surface area contributed by atoms with Crippen LogP contribution < -0.4 is 10.2 Å². The van der Waals surface area contributed by atoms with E-state index >= 15 is 0 Å². The molecular weight excluding hydrogens is 402 g/mol. The summed E-state index contributed by atoms with van der Waals surface area (Å²) in [7, 11) is 0. The van der Waals surface area contributed by atoms with Crippen LogP contribution >= 0.6 is 22.9 Å². The van der Waals surface area contributed by atoms with E-state index in [-0.39, 0.29) is 11.8 Å². The van der Waals surface area contributed by atoms with Gasteiger partial charge < -0.3 is 10.2 Å². The monoisotopic (exact) mass is 427 g/mol. The molecule has 152 valence electrons. The van der Waals surface area contributed by atoms with Crippen molar-refractivity contribution in [1.29, 1.82) is 0 Å². The summed E-state index contributed by atoms with van der Waals surface area (Å²) in [5, 5.41) is 4.89. The van der Waals surface area contributed by atoms with E-state index in [0.717, 1.165) is 48.0 Å². The average Bonchev–Trinajstić information content (AvgIpc) is 3.14. The molecule has 3 aromatic rings. The fourth-order valence-corrected chi connectivity index (χ4v) is 5.29. The SMILES string of the molecule is Cc1cc(C)c2nc(N3CCC[C@H](C(=O)NCCc4ccc(Cl)cc4)C3)sc2c1. The van der Waals surface area contributed by atoms with Crippen molar-refractivity contribution in [3.05, 3.63) is 58.1 Å². The van der Waals surface area contributed by atoms with Crippen LogP contribution in [0.4, 0.5) is 5.13 Å². The van der Waals surface area contributed by atoms with Crippen LogP contribution in [0.3, 0.4) is 0 Å². The maximum Gasteiger partial charge on any atom is 0.224 e. The Morgan fingerprint density at radius 2 is 2.07 bits per heavy atom. The highest BCUT2D eigenvalue weighted by atomic mass is 35.5. The highest BCUT2D eigenvalue weighted by Gasteiger charge is 2.27. The minimum absolute atomic E-state index is 0.0174. The van der Waals surface area contributed by atoms with Gasteiger partial charge >= 0.3 is 0 Å². The zero-order chi connectivity index (χ0) is 20.4. The van der Waals surface area contributed by atoms with Gasteiger partial charge in [0.2, 0.25) is 5.91 Å². The van der Waals surface area contributed by atoms with Crippen molar-refractivity contribution in [3.63, 3.8) is 0 Å². The predicted octanol–water partition coefficient (Wildman–Crippen LogP) is 5.14. The van der Waals surface area contributed by atoms with Gasteiger partial charge in [0, 0.05) is 24.7 Å². The topological polar surface area (TPSA) is 45.2 Å². The number of carbonyl (C=O) groups excluding carboxylic acids is 1. The minimum atomic E-state index is 0.0174. The number of amides is 1. The molecule has 2 heterocycles. The molecule has 1 amide bonds. The number of aromatic nitrogens is 1. The van der Waals surface area contributed by atoms with Crippen LogP contribution in [0, 0.1) is 19.8 Å². The van der Waals surface area contributed by atoms with Crippen LogP contribution in [-0.2, 0) is 11.2 Å². The summed E-state index contributed by atoms with van der Waals surface area (Å²) in [6.07, 6.45) is 2.77. The molecule has 4 nitrogen and oxygen atoms in total. The van der Waals surface area contributed by atoms with Crippen molar-refractivity contribution >= 4 is 44.2 Å². The lowest BCUT2D eigenvalue weighted by molar-refractivity contribution is -0.125.